The molecule has 0 radical (unpaired) electrons. The zero-order valence-electron chi connectivity index (χ0n) is 15.2. The van der Waals surface area contributed by atoms with Crippen LogP contribution >= 0.6 is 0 Å². The third-order valence-corrected chi connectivity index (χ3v) is 5.29. The molecule has 1 aliphatic carbocycles. The van der Waals surface area contributed by atoms with Gasteiger partial charge in [-0.2, -0.15) is 0 Å². The van der Waals surface area contributed by atoms with Crippen molar-refractivity contribution in [3.8, 4) is 11.4 Å². The Labute approximate surface area is 162 Å². The minimum absolute atomic E-state index is 0.0449. The first-order chi connectivity index (χ1) is 13.4. The van der Waals surface area contributed by atoms with Crippen LogP contribution in [0.3, 0.4) is 0 Å². The normalized spacial score (nSPS) is 14.0. The first-order valence-corrected chi connectivity index (χ1v) is 10.9. The summed E-state index contributed by atoms with van der Waals surface area (Å²) in [4.78, 5) is 12.4. The van der Waals surface area contributed by atoms with Gasteiger partial charge in [0.15, 0.2) is 15.7 Å². The summed E-state index contributed by atoms with van der Waals surface area (Å²) in [6, 6.07) is 14.3. The molecule has 1 aromatic heterocycles. The Morgan fingerprint density at radius 3 is 2.39 bits per heavy atom. The molecule has 4 rings (SSSR count). The van der Waals surface area contributed by atoms with Gasteiger partial charge >= 0.3 is 0 Å². The maximum atomic E-state index is 12.4. The van der Waals surface area contributed by atoms with Gasteiger partial charge in [0.2, 0.25) is 0 Å². The van der Waals surface area contributed by atoms with Gasteiger partial charge in [0.25, 0.3) is 5.91 Å². The van der Waals surface area contributed by atoms with Gasteiger partial charge in [-0.3, -0.25) is 4.79 Å². The van der Waals surface area contributed by atoms with Crippen molar-refractivity contribution in [1.29, 1.82) is 0 Å². The number of amides is 1. The van der Waals surface area contributed by atoms with E-state index in [1.165, 1.54) is 6.26 Å². The molecule has 1 saturated carbocycles. The van der Waals surface area contributed by atoms with Crippen LogP contribution in [0.1, 0.15) is 34.8 Å². The van der Waals surface area contributed by atoms with E-state index >= 15 is 0 Å². The summed E-state index contributed by atoms with van der Waals surface area (Å²) in [5, 5.41) is 14.7. The van der Waals surface area contributed by atoms with Crippen molar-refractivity contribution >= 4 is 21.4 Å². The fraction of sp³-hybridized carbons (Fsp3) is 0.263. The molecule has 0 aliphatic heterocycles. The van der Waals surface area contributed by atoms with Crippen LogP contribution in [0.5, 0.6) is 0 Å². The molecule has 28 heavy (non-hydrogen) atoms. The van der Waals surface area contributed by atoms with Crippen molar-refractivity contribution in [1.82, 2.24) is 20.2 Å². The molecule has 1 heterocycles. The molecule has 2 aromatic carbocycles. The molecule has 0 saturated heterocycles. The van der Waals surface area contributed by atoms with Crippen LogP contribution < -0.4 is 5.32 Å². The highest BCUT2D eigenvalue weighted by atomic mass is 32.2. The predicted octanol–water partition coefficient (Wildman–Crippen LogP) is 2.47. The summed E-state index contributed by atoms with van der Waals surface area (Å²) >= 11 is 0. The van der Waals surface area contributed by atoms with E-state index in [9.17, 15) is 13.2 Å². The Kier molecular flexibility index (Phi) is 4.68. The maximum Gasteiger partial charge on any atom is 0.255 e. The maximum absolute atomic E-state index is 12.4. The van der Waals surface area contributed by atoms with E-state index in [0.29, 0.717) is 22.9 Å². The van der Waals surface area contributed by atoms with Crippen molar-refractivity contribution in [3.05, 3.63) is 59.7 Å². The zero-order chi connectivity index (χ0) is 19.7. The predicted molar refractivity (Wildman–Crippen MR) is 104 cm³/mol. The first-order valence-electron chi connectivity index (χ1n) is 8.85. The third-order valence-electron chi connectivity index (χ3n) is 4.43. The minimum atomic E-state index is -3.10. The SMILES string of the molecule is CS(=O)(=O)Cc1ccc(C(=O)Nc2ccc(-c3nnnn3C3CC3)cc2)cc1. The fourth-order valence-corrected chi connectivity index (χ4v) is 3.71. The molecule has 0 unspecified atom stereocenters. The molecule has 0 spiro atoms. The van der Waals surface area contributed by atoms with Crippen molar-refractivity contribution in [2.45, 2.75) is 24.6 Å². The molecule has 0 bridgehead atoms. The van der Waals surface area contributed by atoms with E-state index in [0.717, 1.165) is 24.2 Å². The van der Waals surface area contributed by atoms with Crippen molar-refractivity contribution in [3.63, 3.8) is 0 Å². The van der Waals surface area contributed by atoms with Crippen molar-refractivity contribution in [2.24, 2.45) is 0 Å². The van der Waals surface area contributed by atoms with Crippen molar-refractivity contribution < 1.29 is 13.2 Å². The topological polar surface area (TPSA) is 107 Å². The van der Waals surface area contributed by atoms with E-state index in [-0.39, 0.29) is 11.7 Å². The van der Waals surface area contributed by atoms with Crippen LogP contribution in [0.4, 0.5) is 5.69 Å². The monoisotopic (exact) mass is 397 g/mol. The molecule has 1 aliphatic rings. The second-order valence-electron chi connectivity index (χ2n) is 6.98. The lowest BCUT2D eigenvalue weighted by Crippen LogP contribution is -2.12. The van der Waals surface area contributed by atoms with Crippen LogP contribution in [-0.2, 0) is 15.6 Å². The van der Waals surface area contributed by atoms with Gasteiger partial charge in [0.1, 0.15) is 0 Å². The van der Waals surface area contributed by atoms with Gasteiger partial charge in [-0.1, -0.05) is 12.1 Å². The van der Waals surface area contributed by atoms with Gasteiger partial charge in [-0.25, -0.2) is 13.1 Å². The van der Waals surface area contributed by atoms with Gasteiger partial charge in [0.05, 0.1) is 11.8 Å². The Hall–Kier alpha value is -3.07. The molecule has 1 N–H and O–H groups in total. The van der Waals surface area contributed by atoms with Gasteiger partial charge < -0.3 is 5.32 Å². The molecular formula is C19H19N5O3S. The number of benzene rings is 2. The molecule has 1 amide bonds. The van der Waals surface area contributed by atoms with E-state index in [4.69, 9.17) is 0 Å². The Balaban J connectivity index is 1.44. The summed E-state index contributed by atoms with van der Waals surface area (Å²) < 4.78 is 24.5. The number of hydrogen-bond acceptors (Lipinski definition) is 6. The number of nitrogens with one attached hydrogen (secondary N) is 1. The smallest absolute Gasteiger partial charge is 0.255 e. The number of nitrogens with zero attached hydrogens (tertiary/aromatic N) is 4. The Morgan fingerprint density at radius 1 is 1.11 bits per heavy atom. The van der Waals surface area contributed by atoms with Crippen LogP contribution in [0, 0.1) is 0 Å². The molecule has 9 heteroatoms. The summed E-state index contributed by atoms with van der Waals surface area (Å²) in [6.45, 7) is 0. The lowest BCUT2D eigenvalue weighted by molar-refractivity contribution is 0.102. The van der Waals surface area contributed by atoms with Gasteiger partial charge in [-0.05, 0) is 65.2 Å². The second-order valence-corrected chi connectivity index (χ2v) is 9.12. The average Bonchev–Trinajstić information content (AvgIpc) is 3.38. The Morgan fingerprint density at radius 2 is 1.79 bits per heavy atom. The number of tetrazole rings is 1. The minimum Gasteiger partial charge on any atom is -0.322 e. The molecule has 1 fully saturated rings. The standard InChI is InChI=1S/C19H19N5O3S/c1-28(26,27)12-13-2-4-15(5-3-13)19(25)20-16-8-6-14(7-9-16)18-21-22-23-24(18)17-10-11-17/h2-9,17H,10-12H2,1H3,(H,20,25). The van der Waals surface area contributed by atoms with Gasteiger partial charge in [-0.15, -0.1) is 5.10 Å². The van der Waals surface area contributed by atoms with Crippen LogP contribution in [0.25, 0.3) is 11.4 Å². The zero-order valence-corrected chi connectivity index (χ0v) is 16.1. The number of rotatable bonds is 6. The average molecular weight is 397 g/mol. The van der Waals surface area contributed by atoms with Crippen LogP contribution in [-0.4, -0.2) is 40.8 Å². The number of carbonyl (C=O) groups excluding carboxylic acids is 1. The third kappa shape index (κ3) is 4.25. The number of anilines is 1. The molecule has 0 atom stereocenters. The Bertz CT molecular complexity index is 1100. The van der Waals surface area contributed by atoms with Crippen molar-refractivity contribution in [2.75, 3.05) is 11.6 Å². The number of carbonyl (C=O) groups is 1. The number of hydrogen-bond donors (Lipinski definition) is 1. The summed E-state index contributed by atoms with van der Waals surface area (Å²) in [5.74, 6) is 0.416. The highest BCUT2D eigenvalue weighted by Gasteiger charge is 2.28. The lowest BCUT2D eigenvalue weighted by Gasteiger charge is -2.08. The quantitative estimate of drug-likeness (QED) is 0.685. The molecular weight excluding hydrogens is 378 g/mol. The number of sulfone groups is 1. The van der Waals surface area contributed by atoms with Crippen LogP contribution in [0.2, 0.25) is 0 Å². The summed E-state index contributed by atoms with van der Waals surface area (Å²) in [7, 11) is -3.10. The highest BCUT2D eigenvalue weighted by Crippen LogP contribution is 2.36. The van der Waals surface area contributed by atoms with E-state index in [1.807, 2.05) is 16.8 Å². The lowest BCUT2D eigenvalue weighted by atomic mass is 10.1. The first kappa shape index (κ1) is 18.3. The van der Waals surface area contributed by atoms with E-state index in [2.05, 4.69) is 20.8 Å². The second kappa shape index (κ2) is 7.16. The molecule has 8 nitrogen and oxygen atoms in total. The molecule has 3 aromatic rings. The number of aromatic nitrogens is 4. The van der Waals surface area contributed by atoms with E-state index in [1.54, 1.807) is 36.4 Å². The highest BCUT2D eigenvalue weighted by molar-refractivity contribution is 7.89. The van der Waals surface area contributed by atoms with Gasteiger partial charge in [0, 0.05) is 23.1 Å². The fourth-order valence-electron chi connectivity index (χ4n) is 2.91. The molecule has 144 valence electrons. The van der Waals surface area contributed by atoms with E-state index < -0.39 is 9.84 Å². The summed E-state index contributed by atoms with van der Waals surface area (Å²) in [6.07, 6.45) is 3.37. The van der Waals surface area contributed by atoms with Crippen LogP contribution in [0.15, 0.2) is 48.5 Å². The largest absolute Gasteiger partial charge is 0.322 e. The summed E-state index contributed by atoms with van der Waals surface area (Å²) in [5.41, 5.74) is 2.65.